The zero-order valence-corrected chi connectivity index (χ0v) is 14.2. The van der Waals surface area contributed by atoms with Crippen molar-refractivity contribution in [3.8, 4) is 11.1 Å². The van der Waals surface area contributed by atoms with Crippen LogP contribution in [0, 0.1) is 13.5 Å². The highest BCUT2D eigenvalue weighted by Crippen LogP contribution is 2.25. The van der Waals surface area contributed by atoms with E-state index in [0.717, 1.165) is 27.1 Å². The molecule has 0 atom stereocenters. The van der Waals surface area contributed by atoms with Crippen molar-refractivity contribution in [2.45, 2.75) is 13.5 Å². The van der Waals surface area contributed by atoms with Crippen molar-refractivity contribution in [1.29, 1.82) is 0 Å². The molecule has 0 amide bonds. The first-order valence-electron chi connectivity index (χ1n) is 7.12. The molecule has 2 N–H and O–H groups in total. The highest BCUT2D eigenvalue weighted by Gasteiger charge is 2.08. The van der Waals surface area contributed by atoms with Gasteiger partial charge in [-0.15, -0.1) is 0 Å². The minimum atomic E-state index is 0.622. The van der Waals surface area contributed by atoms with Crippen molar-refractivity contribution < 1.29 is 0 Å². The van der Waals surface area contributed by atoms with Crippen LogP contribution < -0.4 is 5.73 Å². The summed E-state index contributed by atoms with van der Waals surface area (Å²) in [6.07, 6.45) is 2.09. The summed E-state index contributed by atoms with van der Waals surface area (Å²) < 4.78 is 2.91. The zero-order chi connectivity index (χ0) is 16.4. The van der Waals surface area contributed by atoms with Gasteiger partial charge in [0.1, 0.15) is 4.60 Å². The van der Waals surface area contributed by atoms with E-state index in [1.165, 1.54) is 0 Å². The summed E-state index contributed by atoms with van der Waals surface area (Å²) in [4.78, 5) is 7.87. The van der Waals surface area contributed by atoms with Gasteiger partial charge in [0.05, 0.1) is 24.5 Å². The van der Waals surface area contributed by atoms with Crippen LogP contribution in [0.25, 0.3) is 16.0 Å². The number of aryl methyl sites for hydroxylation is 1. The molecular formula is C18H15BrN4. The second-order valence-electron chi connectivity index (χ2n) is 5.33. The van der Waals surface area contributed by atoms with Crippen molar-refractivity contribution in [3.63, 3.8) is 0 Å². The number of nitrogen functional groups attached to an aromatic ring is 1. The van der Waals surface area contributed by atoms with Crippen LogP contribution in [0.4, 0.5) is 11.4 Å². The Morgan fingerprint density at radius 2 is 1.91 bits per heavy atom. The third-order valence-corrected chi connectivity index (χ3v) is 4.18. The van der Waals surface area contributed by atoms with Gasteiger partial charge in [0.15, 0.2) is 5.69 Å². The third kappa shape index (κ3) is 3.27. The molecule has 3 aromatic rings. The molecule has 3 rings (SSSR count). The summed E-state index contributed by atoms with van der Waals surface area (Å²) in [5.74, 6) is 0. The van der Waals surface area contributed by atoms with E-state index >= 15 is 0 Å². The molecule has 0 radical (unpaired) electrons. The van der Waals surface area contributed by atoms with Gasteiger partial charge in [0.2, 0.25) is 0 Å². The molecule has 0 aliphatic heterocycles. The quantitative estimate of drug-likeness (QED) is 0.534. The molecular weight excluding hydrogens is 352 g/mol. The lowest BCUT2D eigenvalue weighted by Crippen LogP contribution is -2.05. The van der Waals surface area contributed by atoms with Crippen molar-refractivity contribution in [1.82, 2.24) is 9.55 Å². The molecule has 2 aromatic heterocycles. The van der Waals surface area contributed by atoms with Crippen LogP contribution in [0.15, 0.2) is 53.3 Å². The number of benzene rings is 1. The second kappa shape index (κ2) is 6.27. The fraction of sp³-hybridized carbons (Fsp3) is 0.111. The summed E-state index contributed by atoms with van der Waals surface area (Å²) >= 11 is 3.38. The first-order valence-corrected chi connectivity index (χ1v) is 7.91. The van der Waals surface area contributed by atoms with E-state index in [1.54, 1.807) is 0 Å². The lowest BCUT2D eigenvalue weighted by molar-refractivity contribution is 0.755. The van der Waals surface area contributed by atoms with Gasteiger partial charge in [0.25, 0.3) is 0 Å². The van der Waals surface area contributed by atoms with Crippen molar-refractivity contribution in [2.75, 3.05) is 5.73 Å². The molecule has 0 spiro atoms. The summed E-state index contributed by atoms with van der Waals surface area (Å²) in [7, 11) is 0. The topological polar surface area (TPSA) is 48.2 Å². The lowest BCUT2D eigenvalue weighted by Gasteiger charge is -2.08. The van der Waals surface area contributed by atoms with E-state index < -0.39 is 0 Å². The number of aromatic nitrogens is 2. The number of anilines is 1. The van der Waals surface area contributed by atoms with E-state index in [4.69, 9.17) is 12.3 Å². The van der Waals surface area contributed by atoms with Crippen molar-refractivity contribution >= 4 is 27.3 Å². The first kappa shape index (κ1) is 15.3. The van der Waals surface area contributed by atoms with Crippen molar-refractivity contribution in [2.24, 2.45) is 0 Å². The number of nitrogens with zero attached hydrogens (tertiary/aromatic N) is 3. The summed E-state index contributed by atoms with van der Waals surface area (Å²) in [6.45, 7) is 9.70. The number of hydrogen-bond acceptors (Lipinski definition) is 2. The van der Waals surface area contributed by atoms with Crippen LogP contribution in [-0.2, 0) is 6.54 Å². The lowest BCUT2D eigenvalue weighted by atomic mass is 10.1. The van der Waals surface area contributed by atoms with Gasteiger partial charge in [-0.2, -0.15) is 0 Å². The Morgan fingerprint density at radius 1 is 1.17 bits per heavy atom. The van der Waals surface area contributed by atoms with Gasteiger partial charge < -0.3 is 10.3 Å². The van der Waals surface area contributed by atoms with Gasteiger partial charge in [-0.25, -0.2) is 9.83 Å². The van der Waals surface area contributed by atoms with Crippen LogP contribution >= 0.6 is 15.9 Å². The fourth-order valence-corrected chi connectivity index (χ4v) is 2.79. The molecule has 0 saturated carbocycles. The molecule has 0 aliphatic carbocycles. The van der Waals surface area contributed by atoms with Gasteiger partial charge in [-0.1, -0.05) is 24.3 Å². The van der Waals surface area contributed by atoms with Gasteiger partial charge in [-0.05, 0) is 52.2 Å². The minimum Gasteiger partial charge on any atom is -0.397 e. The normalized spacial score (nSPS) is 10.5. The number of nitrogens with two attached hydrogens (primary N) is 1. The SMILES string of the molecule is [C-]#[N+]c1ccc(-c2cc(C)n(Cc3nc(Br)ccc3N)c2)cc1. The van der Waals surface area contributed by atoms with Gasteiger partial charge >= 0.3 is 0 Å². The Kier molecular flexibility index (Phi) is 4.18. The molecule has 0 aliphatic rings. The fourth-order valence-electron chi connectivity index (χ4n) is 2.45. The number of halogens is 1. The smallest absolute Gasteiger partial charge is 0.187 e. The molecule has 1 aromatic carbocycles. The second-order valence-corrected chi connectivity index (χ2v) is 6.14. The Labute approximate surface area is 143 Å². The number of hydrogen-bond donors (Lipinski definition) is 1. The maximum Gasteiger partial charge on any atom is 0.187 e. The Morgan fingerprint density at radius 3 is 2.61 bits per heavy atom. The first-order chi connectivity index (χ1) is 11.1. The van der Waals surface area contributed by atoms with Crippen LogP contribution in [0.2, 0.25) is 0 Å². The highest BCUT2D eigenvalue weighted by atomic mass is 79.9. The third-order valence-electron chi connectivity index (χ3n) is 3.74. The highest BCUT2D eigenvalue weighted by molar-refractivity contribution is 9.10. The van der Waals surface area contributed by atoms with Crippen LogP contribution in [0.1, 0.15) is 11.4 Å². The van der Waals surface area contributed by atoms with Crippen LogP contribution in [-0.4, -0.2) is 9.55 Å². The van der Waals surface area contributed by atoms with E-state index in [1.807, 2.05) is 36.4 Å². The number of rotatable bonds is 3. The van der Waals surface area contributed by atoms with E-state index in [-0.39, 0.29) is 0 Å². The Hall–Kier alpha value is -2.58. The summed E-state index contributed by atoms with van der Waals surface area (Å²) in [5, 5.41) is 0. The van der Waals surface area contributed by atoms with E-state index in [0.29, 0.717) is 17.9 Å². The number of pyridine rings is 1. The van der Waals surface area contributed by atoms with Gasteiger partial charge in [0, 0.05) is 11.9 Å². The molecule has 23 heavy (non-hydrogen) atoms. The monoisotopic (exact) mass is 366 g/mol. The molecule has 0 unspecified atom stereocenters. The van der Waals surface area contributed by atoms with E-state index in [2.05, 4.69) is 49.5 Å². The molecule has 2 heterocycles. The maximum absolute atomic E-state index is 7.02. The zero-order valence-electron chi connectivity index (χ0n) is 12.6. The van der Waals surface area contributed by atoms with E-state index in [9.17, 15) is 0 Å². The standard InChI is InChI=1S/C18H15BrN4/c1-12-9-14(13-3-5-15(21-2)6-4-13)10-23(12)11-17-16(20)7-8-18(19)22-17/h3-10H,11,20H2,1H3. The molecule has 5 heteroatoms. The maximum atomic E-state index is 7.02. The van der Waals surface area contributed by atoms with Crippen LogP contribution in [0.5, 0.6) is 0 Å². The molecule has 4 nitrogen and oxygen atoms in total. The van der Waals surface area contributed by atoms with Crippen LogP contribution in [0.3, 0.4) is 0 Å². The minimum absolute atomic E-state index is 0.622. The summed E-state index contributed by atoms with van der Waals surface area (Å²) in [6, 6.07) is 13.4. The summed E-state index contributed by atoms with van der Waals surface area (Å²) in [5.41, 5.74) is 11.5. The molecule has 0 fully saturated rings. The largest absolute Gasteiger partial charge is 0.397 e. The Bertz CT molecular complexity index is 888. The molecule has 0 bridgehead atoms. The average molecular weight is 367 g/mol. The average Bonchev–Trinajstić information content (AvgIpc) is 2.92. The molecule has 0 saturated heterocycles. The predicted molar refractivity (Wildman–Crippen MR) is 96.3 cm³/mol. The van der Waals surface area contributed by atoms with Gasteiger partial charge in [-0.3, -0.25) is 0 Å². The predicted octanol–water partition coefficient (Wildman–Crippen LogP) is 4.80. The Balaban J connectivity index is 1.91. The van der Waals surface area contributed by atoms with Crippen molar-refractivity contribution in [3.05, 3.63) is 76.1 Å². The molecule has 114 valence electrons.